The number of aliphatic hydroxyl groups is 1. The van der Waals surface area contributed by atoms with E-state index in [4.69, 9.17) is 9.84 Å². The molecule has 0 bridgehead atoms. The molecule has 0 spiro atoms. The first kappa shape index (κ1) is 37.4. The normalized spacial score (nSPS) is 12.8. The number of unbranched alkanes of at least 4 members (excludes halogenated alkanes) is 10. The van der Waals surface area contributed by atoms with Crippen molar-refractivity contribution in [2.75, 3.05) is 13.2 Å². The Morgan fingerprint density at radius 1 is 0.513 bits per heavy atom. The van der Waals surface area contributed by atoms with E-state index in [-0.39, 0.29) is 19.4 Å². The van der Waals surface area contributed by atoms with Crippen LogP contribution in [-0.2, 0) is 11.3 Å². The van der Waals surface area contributed by atoms with Gasteiger partial charge >= 0.3 is 24.2 Å². The number of alkyl halides is 10. The molecule has 0 aromatic heterocycles. The molecular formula is C27H40F10O2. The molecule has 39 heavy (non-hydrogen) atoms. The predicted molar refractivity (Wildman–Crippen MR) is 130 cm³/mol. The Bertz CT molecular complexity index is 707. The Hall–Kier alpha value is -1.56. The highest BCUT2D eigenvalue weighted by atomic mass is 19.4. The topological polar surface area (TPSA) is 29.5 Å². The molecule has 0 saturated heterocycles. The Balaban J connectivity index is 0.000000794. The van der Waals surface area contributed by atoms with Gasteiger partial charge in [-0.15, -0.1) is 0 Å². The van der Waals surface area contributed by atoms with Crippen LogP contribution in [0.3, 0.4) is 0 Å². The molecule has 230 valence electrons. The van der Waals surface area contributed by atoms with Crippen LogP contribution in [0, 0.1) is 0 Å². The van der Waals surface area contributed by atoms with Crippen LogP contribution >= 0.6 is 0 Å². The van der Waals surface area contributed by atoms with Gasteiger partial charge in [-0.2, -0.15) is 43.9 Å². The van der Waals surface area contributed by atoms with Crippen molar-refractivity contribution >= 4 is 0 Å². The van der Waals surface area contributed by atoms with E-state index in [0.29, 0.717) is 45.3 Å². The van der Waals surface area contributed by atoms with Gasteiger partial charge in [-0.05, 0) is 31.2 Å². The average molecular weight is 587 g/mol. The van der Waals surface area contributed by atoms with Crippen molar-refractivity contribution < 1.29 is 53.7 Å². The summed E-state index contributed by atoms with van der Waals surface area (Å²) in [6.07, 6.45) is -6.46. The molecule has 1 N–H and O–H groups in total. The molecule has 1 aromatic rings. The zero-order valence-corrected chi connectivity index (χ0v) is 22.0. The van der Waals surface area contributed by atoms with E-state index in [0.717, 1.165) is 37.7 Å². The fourth-order valence-corrected chi connectivity index (χ4v) is 3.47. The highest BCUT2D eigenvalue weighted by Crippen LogP contribution is 2.40. The zero-order valence-electron chi connectivity index (χ0n) is 22.0. The monoisotopic (exact) mass is 586 g/mol. The number of hydrogen-bond donors (Lipinski definition) is 1. The third kappa shape index (κ3) is 18.4. The Kier molecular flexibility index (Phi) is 18.7. The first-order chi connectivity index (χ1) is 18.1. The second-order valence-electron chi connectivity index (χ2n) is 9.41. The SMILES string of the molecule is FC(F)(F)C(F)(F)CCCCCCCCOCc1ccccc1.OCCCCCCCCC(F)(F)C(F)(F)F. The van der Waals surface area contributed by atoms with Crippen molar-refractivity contribution in [3.05, 3.63) is 35.9 Å². The predicted octanol–water partition coefficient (Wildman–Crippen LogP) is 10.0. The molecule has 2 nitrogen and oxygen atoms in total. The Morgan fingerprint density at radius 3 is 1.31 bits per heavy atom. The van der Waals surface area contributed by atoms with Crippen LogP contribution in [0.5, 0.6) is 0 Å². The number of aliphatic hydroxyl groups excluding tert-OH is 1. The molecule has 0 aliphatic heterocycles. The summed E-state index contributed by atoms with van der Waals surface area (Å²) in [5.41, 5.74) is 1.11. The van der Waals surface area contributed by atoms with Gasteiger partial charge in [0, 0.05) is 26.1 Å². The molecule has 0 amide bonds. The van der Waals surface area contributed by atoms with Gasteiger partial charge < -0.3 is 9.84 Å². The molecule has 0 unspecified atom stereocenters. The van der Waals surface area contributed by atoms with Crippen LogP contribution in [0.1, 0.15) is 95.5 Å². The number of halogens is 10. The Labute approximate surface area is 224 Å². The van der Waals surface area contributed by atoms with Crippen LogP contribution in [0.25, 0.3) is 0 Å². The van der Waals surface area contributed by atoms with Gasteiger partial charge in [-0.3, -0.25) is 0 Å². The van der Waals surface area contributed by atoms with Crippen LogP contribution in [-0.4, -0.2) is 42.5 Å². The van der Waals surface area contributed by atoms with Crippen molar-refractivity contribution in [2.24, 2.45) is 0 Å². The molecule has 0 radical (unpaired) electrons. The second kappa shape index (κ2) is 19.5. The molecular weight excluding hydrogens is 546 g/mol. The third-order valence-electron chi connectivity index (χ3n) is 5.87. The average Bonchev–Trinajstić information content (AvgIpc) is 2.84. The first-order valence-corrected chi connectivity index (χ1v) is 13.3. The van der Waals surface area contributed by atoms with E-state index in [1.54, 1.807) is 0 Å². The molecule has 1 aromatic carbocycles. The highest BCUT2D eigenvalue weighted by Gasteiger charge is 2.57. The van der Waals surface area contributed by atoms with E-state index in [9.17, 15) is 43.9 Å². The van der Waals surface area contributed by atoms with Gasteiger partial charge in [0.15, 0.2) is 0 Å². The van der Waals surface area contributed by atoms with Crippen LogP contribution in [0.15, 0.2) is 30.3 Å². The summed E-state index contributed by atoms with van der Waals surface area (Å²) in [6, 6.07) is 9.80. The van der Waals surface area contributed by atoms with Gasteiger partial charge in [0.05, 0.1) is 6.61 Å². The maximum atomic E-state index is 12.6. The summed E-state index contributed by atoms with van der Waals surface area (Å²) in [5.74, 6) is -9.11. The van der Waals surface area contributed by atoms with E-state index in [2.05, 4.69) is 0 Å². The van der Waals surface area contributed by atoms with Crippen LogP contribution in [0.2, 0.25) is 0 Å². The first-order valence-electron chi connectivity index (χ1n) is 13.3. The Morgan fingerprint density at radius 2 is 0.897 bits per heavy atom. The molecule has 0 aliphatic carbocycles. The number of hydrogen-bond acceptors (Lipinski definition) is 2. The number of ether oxygens (including phenoxy) is 1. The summed E-state index contributed by atoms with van der Waals surface area (Å²) < 4.78 is 127. The molecule has 0 atom stereocenters. The molecule has 0 saturated carbocycles. The number of rotatable bonds is 19. The van der Waals surface area contributed by atoms with E-state index in [1.165, 1.54) is 0 Å². The number of benzene rings is 1. The van der Waals surface area contributed by atoms with Crippen LogP contribution in [0.4, 0.5) is 43.9 Å². The molecule has 0 fully saturated rings. The van der Waals surface area contributed by atoms with E-state index < -0.39 is 37.0 Å². The van der Waals surface area contributed by atoms with Gasteiger partial charge in [-0.1, -0.05) is 81.7 Å². The minimum atomic E-state index is -5.43. The molecule has 0 heterocycles. The van der Waals surface area contributed by atoms with Crippen molar-refractivity contribution in [3.8, 4) is 0 Å². The van der Waals surface area contributed by atoms with Gasteiger partial charge in [0.25, 0.3) is 0 Å². The molecule has 12 heteroatoms. The van der Waals surface area contributed by atoms with Crippen LogP contribution < -0.4 is 0 Å². The van der Waals surface area contributed by atoms with Gasteiger partial charge in [0.2, 0.25) is 0 Å². The van der Waals surface area contributed by atoms with Gasteiger partial charge in [-0.25, -0.2) is 0 Å². The molecule has 0 aliphatic rings. The fourth-order valence-electron chi connectivity index (χ4n) is 3.47. The second-order valence-corrected chi connectivity index (χ2v) is 9.41. The maximum Gasteiger partial charge on any atom is 0.453 e. The maximum absolute atomic E-state index is 12.6. The largest absolute Gasteiger partial charge is 0.453 e. The van der Waals surface area contributed by atoms with E-state index >= 15 is 0 Å². The summed E-state index contributed by atoms with van der Waals surface area (Å²) in [4.78, 5) is 0. The summed E-state index contributed by atoms with van der Waals surface area (Å²) in [7, 11) is 0. The van der Waals surface area contributed by atoms with Gasteiger partial charge in [0.1, 0.15) is 0 Å². The minimum Gasteiger partial charge on any atom is -0.396 e. The summed E-state index contributed by atoms with van der Waals surface area (Å²) >= 11 is 0. The lowest BCUT2D eigenvalue weighted by atomic mass is 10.1. The smallest absolute Gasteiger partial charge is 0.396 e. The van der Waals surface area contributed by atoms with Crippen molar-refractivity contribution in [3.63, 3.8) is 0 Å². The summed E-state index contributed by atoms with van der Waals surface area (Å²) in [6.45, 7) is 1.28. The van der Waals surface area contributed by atoms with Crippen molar-refractivity contribution in [1.29, 1.82) is 0 Å². The third-order valence-corrected chi connectivity index (χ3v) is 5.87. The standard InChI is InChI=1S/C17H23F5O.C10H17F5O/c18-16(19,17(20,21)22)12-8-3-1-2-4-9-13-23-14-15-10-6-5-7-11-15;11-9(12,10(13,14)15)7-5-3-1-2-4-6-8-16/h5-7,10-11H,1-4,8-9,12-14H2;16H,1-8H2. The highest BCUT2D eigenvalue weighted by molar-refractivity contribution is 5.13. The lowest BCUT2D eigenvalue weighted by Gasteiger charge is -2.19. The summed E-state index contributed by atoms with van der Waals surface area (Å²) in [5, 5.41) is 8.44. The fraction of sp³-hybridized carbons (Fsp3) is 0.778. The van der Waals surface area contributed by atoms with Crippen molar-refractivity contribution in [2.45, 2.75) is 121 Å². The minimum absolute atomic E-state index is 0.0894. The van der Waals surface area contributed by atoms with E-state index in [1.807, 2.05) is 30.3 Å². The zero-order chi connectivity index (χ0) is 29.8. The lowest BCUT2D eigenvalue weighted by Crippen LogP contribution is -2.36. The molecule has 1 rings (SSSR count). The quantitative estimate of drug-likeness (QED) is 0.129. The van der Waals surface area contributed by atoms with Crippen molar-refractivity contribution in [1.82, 2.24) is 0 Å². The lowest BCUT2D eigenvalue weighted by molar-refractivity contribution is -0.284.